The van der Waals surface area contributed by atoms with E-state index in [4.69, 9.17) is 4.74 Å². The number of benzene rings is 1. The fourth-order valence-corrected chi connectivity index (χ4v) is 2.54. The zero-order valence-corrected chi connectivity index (χ0v) is 11.3. The van der Waals surface area contributed by atoms with Crippen LogP contribution in [-0.4, -0.2) is 20.2 Å². The van der Waals surface area contributed by atoms with Gasteiger partial charge in [-0.15, -0.1) is 0 Å². The van der Waals surface area contributed by atoms with E-state index in [1.165, 1.54) is 24.0 Å². The highest BCUT2D eigenvalue weighted by atomic mass is 16.5. The Labute approximate surface area is 104 Å². The van der Waals surface area contributed by atoms with Crippen molar-refractivity contribution in [2.24, 2.45) is 0 Å². The first-order valence-electron chi connectivity index (χ1n) is 6.50. The van der Waals surface area contributed by atoms with E-state index in [0.717, 1.165) is 5.75 Å². The predicted molar refractivity (Wildman–Crippen MR) is 71.9 cm³/mol. The van der Waals surface area contributed by atoms with Gasteiger partial charge < -0.3 is 10.1 Å². The molecular weight excluding hydrogens is 210 g/mol. The number of nitrogens with one attached hydrogen (secondary N) is 1. The lowest BCUT2D eigenvalue weighted by molar-refractivity contribution is 0.297. The van der Waals surface area contributed by atoms with Crippen LogP contribution in [0.1, 0.15) is 49.7 Å². The lowest BCUT2D eigenvalue weighted by Crippen LogP contribution is -2.37. The average Bonchev–Trinajstić information content (AvgIpc) is 2.27. The maximum atomic E-state index is 5.49. The van der Waals surface area contributed by atoms with Crippen LogP contribution in [0.15, 0.2) is 18.2 Å². The first-order valence-corrected chi connectivity index (χ1v) is 6.50. The topological polar surface area (TPSA) is 21.3 Å². The van der Waals surface area contributed by atoms with Crippen LogP contribution in [0.5, 0.6) is 5.75 Å². The molecule has 1 aliphatic carbocycles. The largest absolute Gasteiger partial charge is 0.496 e. The Morgan fingerprint density at radius 2 is 2.00 bits per heavy atom. The summed E-state index contributed by atoms with van der Waals surface area (Å²) in [6, 6.07) is 7.32. The molecule has 0 radical (unpaired) electrons. The van der Waals surface area contributed by atoms with Crippen molar-refractivity contribution in [2.75, 3.05) is 14.2 Å². The van der Waals surface area contributed by atoms with Crippen LogP contribution in [0.25, 0.3) is 0 Å². The lowest BCUT2D eigenvalue weighted by atomic mass is 9.75. The molecule has 1 fully saturated rings. The number of ether oxygens (including phenoxy) is 1. The molecule has 0 saturated heterocycles. The van der Waals surface area contributed by atoms with E-state index in [-0.39, 0.29) is 0 Å². The van der Waals surface area contributed by atoms with E-state index >= 15 is 0 Å². The number of hydrogen-bond donors (Lipinski definition) is 1. The molecular formula is C15H23NO. The first-order chi connectivity index (χ1) is 8.15. The molecule has 2 rings (SSSR count). The van der Waals surface area contributed by atoms with Crippen LogP contribution in [0, 0.1) is 0 Å². The molecule has 0 aliphatic heterocycles. The van der Waals surface area contributed by atoms with Gasteiger partial charge in [0.15, 0.2) is 0 Å². The zero-order valence-electron chi connectivity index (χ0n) is 11.3. The van der Waals surface area contributed by atoms with Gasteiger partial charge in [0.2, 0.25) is 0 Å². The molecule has 2 heteroatoms. The molecule has 1 aliphatic rings. The molecule has 0 heterocycles. The second-order valence-corrected chi connectivity index (χ2v) is 5.31. The molecule has 0 unspecified atom stereocenters. The van der Waals surface area contributed by atoms with Crippen LogP contribution < -0.4 is 10.1 Å². The molecule has 0 spiro atoms. The van der Waals surface area contributed by atoms with E-state index < -0.39 is 0 Å². The average molecular weight is 233 g/mol. The SMILES string of the molecule is CNC1CC(c2cc(C(C)C)ccc2OC)C1. The van der Waals surface area contributed by atoms with Gasteiger partial charge in [-0.25, -0.2) is 0 Å². The maximum absolute atomic E-state index is 5.49. The monoisotopic (exact) mass is 233 g/mol. The third-order valence-corrected chi connectivity index (χ3v) is 3.91. The van der Waals surface area contributed by atoms with Crippen LogP contribution in [0.3, 0.4) is 0 Å². The van der Waals surface area contributed by atoms with E-state index in [2.05, 4.69) is 37.4 Å². The molecule has 1 aromatic rings. The first kappa shape index (κ1) is 12.4. The van der Waals surface area contributed by atoms with Crippen molar-refractivity contribution in [1.29, 1.82) is 0 Å². The Hall–Kier alpha value is -1.02. The van der Waals surface area contributed by atoms with Gasteiger partial charge >= 0.3 is 0 Å². The van der Waals surface area contributed by atoms with Crippen molar-refractivity contribution in [3.63, 3.8) is 0 Å². The van der Waals surface area contributed by atoms with Gasteiger partial charge in [-0.05, 0) is 48.9 Å². The predicted octanol–water partition coefficient (Wildman–Crippen LogP) is 3.28. The van der Waals surface area contributed by atoms with Crippen LogP contribution in [0.2, 0.25) is 0 Å². The Balaban J connectivity index is 2.21. The summed E-state index contributed by atoms with van der Waals surface area (Å²) >= 11 is 0. The highest BCUT2D eigenvalue weighted by molar-refractivity contribution is 5.42. The van der Waals surface area contributed by atoms with E-state index in [1.54, 1.807) is 7.11 Å². The Morgan fingerprint density at radius 1 is 1.29 bits per heavy atom. The van der Waals surface area contributed by atoms with E-state index in [9.17, 15) is 0 Å². The van der Waals surface area contributed by atoms with Crippen LogP contribution in [-0.2, 0) is 0 Å². The second-order valence-electron chi connectivity index (χ2n) is 5.31. The molecule has 1 N–H and O–H groups in total. The fourth-order valence-electron chi connectivity index (χ4n) is 2.54. The summed E-state index contributed by atoms with van der Waals surface area (Å²) in [7, 11) is 3.81. The summed E-state index contributed by atoms with van der Waals surface area (Å²) in [5, 5.41) is 3.34. The highest BCUT2D eigenvalue weighted by Crippen LogP contribution is 2.41. The highest BCUT2D eigenvalue weighted by Gasteiger charge is 2.31. The van der Waals surface area contributed by atoms with Crippen molar-refractivity contribution in [3.8, 4) is 5.75 Å². The third kappa shape index (κ3) is 2.47. The van der Waals surface area contributed by atoms with E-state index in [0.29, 0.717) is 17.9 Å². The molecule has 1 saturated carbocycles. The molecule has 0 atom stereocenters. The second kappa shape index (κ2) is 5.09. The van der Waals surface area contributed by atoms with Crippen molar-refractivity contribution in [1.82, 2.24) is 5.32 Å². The maximum Gasteiger partial charge on any atom is 0.122 e. The summed E-state index contributed by atoms with van der Waals surface area (Å²) in [6.45, 7) is 4.48. The molecule has 0 bridgehead atoms. The molecule has 94 valence electrons. The Kier molecular flexibility index (Phi) is 3.72. The Bertz CT molecular complexity index is 381. The van der Waals surface area contributed by atoms with Gasteiger partial charge in [0.25, 0.3) is 0 Å². The minimum Gasteiger partial charge on any atom is -0.496 e. The van der Waals surface area contributed by atoms with E-state index in [1.807, 2.05) is 7.05 Å². The molecule has 2 nitrogen and oxygen atoms in total. The van der Waals surface area contributed by atoms with Gasteiger partial charge in [-0.3, -0.25) is 0 Å². The summed E-state index contributed by atoms with van der Waals surface area (Å²) in [6.07, 6.45) is 2.46. The van der Waals surface area contributed by atoms with Gasteiger partial charge in [-0.1, -0.05) is 26.0 Å². The molecule has 1 aromatic carbocycles. The van der Waals surface area contributed by atoms with Crippen LogP contribution >= 0.6 is 0 Å². The standard InChI is InChI=1S/C15H23NO/c1-10(2)11-5-6-15(17-4)14(9-11)12-7-13(8-12)16-3/h5-6,9-10,12-13,16H,7-8H2,1-4H3. The van der Waals surface area contributed by atoms with Crippen molar-refractivity contribution < 1.29 is 4.74 Å². The number of rotatable bonds is 4. The minimum absolute atomic E-state index is 0.583. The quantitative estimate of drug-likeness (QED) is 0.861. The summed E-state index contributed by atoms with van der Waals surface area (Å²) in [4.78, 5) is 0. The molecule has 17 heavy (non-hydrogen) atoms. The lowest BCUT2D eigenvalue weighted by Gasteiger charge is -2.36. The molecule has 0 aromatic heterocycles. The van der Waals surface area contributed by atoms with Crippen molar-refractivity contribution in [3.05, 3.63) is 29.3 Å². The summed E-state index contributed by atoms with van der Waals surface area (Å²) < 4.78 is 5.49. The third-order valence-electron chi connectivity index (χ3n) is 3.91. The molecule has 0 amide bonds. The van der Waals surface area contributed by atoms with Gasteiger partial charge in [0.05, 0.1) is 7.11 Å². The summed E-state index contributed by atoms with van der Waals surface area (Å²) in [5.74, 6) is 2.30. The number of methoxy groups -OCH3 is 1. The summed E-state index contributed by atoms with van der Waals surface area (Å²) in [5.41, 5.74) is 2.80. The van der Waals surface area contributed by atoms with Gasteiger partial charge in [0, 0.05) is 6.04 Å². The Morgan fingerprint density at radius 3 is 2.53 bits per heavy atom. The smallest absolute Gasteiger partial charge is 0.122 e. The van der Waals surface area contributed by atoms with Crippen LogP contribution in [0.4, 0.5) is 0 Å². The minimum atomic E-state index is 0.583. The van der Waals surface area contributed by atoms with Crippen molar-refractivity contribution >= 4 is 0 Å². The van der Waals surface area contributed by atoms with Gasteiger partial charge in [0.1, 0.15) is 5.75 Å². The zero-order chi connectivity index (χ0) is 12.4. The van der Waals surface area contributed by atoms with Crippen molar-refractivity contribution in [2.45, 2.75) is 44.6 Å². The fraction of sp³-hybridized carbons (Fsp3) is 0.600. The van der Waals surface area contributed by atoms with Gasteiger partial charge in [-0.2, -0.15) is 0 Å². The number of hydrogen-bond acceptors (Lipinski definition) is 2. The normalized spacial score (nSPS) is 23.6.